The van der Waals surface area contributed by atoms with Gasteiger partial charge in [-0.25, -0.2) is 4.98 Å². The highest BCUT2D eigenvalue weighted by molar-refractivity contribution is 5.37. The zero-order valence-electron chi connectivity index (χ0n) is 10.7. The molecule has 2 heterocycles. The zero-order chi connectivity index (χ0) is 12.4. The third kappa shape index (κ3) is 2.34. The first-order valence-electron chi connectivity index (χ1n) is 6.02. The van der Waals surface area contributed by atoms with Crippen molar-refractivity contribution in [2.24, 2.45) is 11.7 Å². The summed E-state index contributed by atoms with van der Waals surface area (Å²) in [5.74, 6) is 1.94. The van der Waals surface area contributed by atoms with Gasteiger partial charge in [0.05, 0.1) is 7.11 Å². The molecular weight excluding hydrogens is 216 g/mol. The van der Waals surface area contributed by atoms with E-state index in [9.17, 15) is 0 Å². The summed E-state index contributed by atoms with van der Waals surface area (Å²) in [6.45, 7) is 5.78. The Balaban J connectivity index is 2.30. The quantitative estimate of drug-likeness (QED) is 0.847. The number of hydrogen-bond acceptors (Lipinski definition) is 5. The van der Waals surface area contributed by atoms with Crippen LogP contribution in [-0.2, 0) is 0 Å². The summed E-state index contributed by atoms with van der Waals surface area (Å²) in [6, 6.07) is 2.17. The van der Waals surface area contributed by atoms with Gasteiger partial charge in [-0.2, -0.15) is 4.98 Å². The molecule has 0 amide bonds. The summed E-state index contributed by atoms with van der Waals surface area (Å²) in [6.07, 6.45) is 1.14. The predicted octanol–water partition coefficient (Wildman–Crippen LogP) is 0.967. The molecule has 2 rings (SSSR count). The molecule has 17 heavy (non-hydrogen) atoms. The average molecular weight is 236 g/mol. The minimum Gasteiger partial charge on any atom is -0.481 e. The number of nitrogens with two attached hydrogens (primary N) is 1. The van der Waals surface area contributed by atoms with E-state index in [0.29, 0.717) is 24.4 Å². The molecule has 2 atom stereocenters. The van der Waals surface area contributed by atoms with Crippen LogP contribution < -0.4 is 15.4 Å². The Kier molecular flexibility index (Phi) is 3.47. The van der Waals surface area contributed by atoms with Crippen LogP contribution in [0.5, 0.6) is 5.88 Å². The molecular formula is C12H20N4O. The highest BCUT2D eigenvalue weighted by Crippen LogP contribution is 2.27. The number of nitrogens with zero attached hydrogens (tertiary/aromatic N) is 3. The van der Waals surface area contributed by atoms with Crippen LogP contribution in [0.1, 0.15) is 19.0 Å². The van der Waals surface area contributed by atoms with Gasteiger partial charge in [0.25, 0.3) is 0 Å². The van der Waals surface area contributed by atoms with Gasteiger partial charge >= 0.3 is 0 Å². The van der Waals surface area contributed by atoms with Crippen LogP contribution in [0.4, 0.5) is 5.95 Å². The van der Waals surface area contributed by atoms with E-state index in [0.717, 1.165) is 24.6 Å². The molecule has 0 aromatic carbocycles. The van der Waals surface area contributed by atoms with E-state index in [4.69, 9.17) is 10.5 Å². The third-order valence-electron chi connectivity index (χ3n) is 3.41. The third-order valence-corrected chi connectivity index (χ3v) is 3.41. The molecule has 1 aromatic heterocycles. The van der Waals surface area contributed by atoms with E-state index in [-0.39, 0.29) is 0 Å². The average Bonchev–Trinajstić information content (AvgIpc) is 2.69. The monoisotopic (exact) mass is 236 g/mol. The van der Waals surface area contributed by atoms with Crippen molar-refractivity contribution in [1.82, 2.24) is 9.97 Å². The number of rotatable bonds is 3. The fraction of sp³-hybridized carbons (Fsp3) is 0.667. The molecule has 0 bridgehead atoms. The Labute approximate surface area is 102 Å². The minimum absolute atomic E-state index is 0.335. The van der Waals surface area contributed by atoms with E-state index in [1.54, 1.807) is 7.11 Å². The van der Waals surface area contributed by atoms with Crippen LogP contribution in [0.2, 0.25) is 0 Å². The number of ether oxygens (including phenoxy) is 1. The molecule has 1 fully saturated rings. The highest BCUT2D eigenvalue weighted by atomic mass is 16.5. The van der Waals surface area contributed by atoms with Gasteiger partial charge in [0, 0.05) is 30.9 Å². The van der Waals surface area contributed by atoms with Crippen LogP contribution in [-0.4, -0.2) is 36.2 Å². The van der Waals surface area contributed by atoms with Crippen molar-refractivity contribution in [2.75, 3.05) is 25.1 Å². The normalized spacial score (nSPS) is 24.1. The molecule has 1 saturated heterocycles. The number of hydrogen-bond donors (Lipinski definition) is 1. The first-order chi connectivity index (χ1) is 8.15. The molecule has 0 spiro atoms. The first kappa shape index (κ1) is 12.1. The van der Waals surface area contributed by atoms with Gasteiger partial charge in [-0.15, -0.1) is 0 Å². The van der Waals surface area contributed by atoms with Crippen LogP contribution in [0.25, 0.3) is 0 Å². The molecule has 1 aromatic rings. The van der Waals surface area contributed by atoms with Gasteiger partial charge in [0.1, 0.15) is 0 Å². The number of anilines is 1. The van der Waals surface area contributed by atoms with E-state index in [2.05, 4.69) is 21.8 Å². The number of aryl methyl sites for hydroxylation is 1. The summed E-state index contributed by atoms with van der Waals surface area (Å²) in [5.41, 5.74) is 6.75. The topological polar surface area (TPSA) is 64.3 Å². The molecule has 1 aliphatic heterocycles. The molecule has 5 nitrogen and oxygen atoms in total. The van der Waals surface area contributed by atoms with Crippen molar-refractivity contribution < 1.29 is 4.74 Å². The maximum atomic E-state index is 5.83. The first-order valence-corrected chi connectivity index (χ1v) is 6.02. The summed E-state index contributed by atoms with van der Waals surface area (Å²) in [7, 11) is 1.62. The van der Waals surface area contributed by atoms with Crippen molar-refractivity contribution in [2.45, 2.75) is 26.3 Å². The fourth-order valence-electron chi connectivity index (χ4n) is 2.37. The van der Waals surface area contributed by atoms with E-state index in [1.807, 2.05) is 13.0 Å². The molecule has 0 radical (unpaired) electrons. The van der Waals surface area contributed by atoms with Gasteiger partial charge in [-0.05, 0) is 19.3 Å². The van der Waals surface area contributed by atoms with Crippen molar-refractivity contribution >= 4 is 5.95 Å². The van der Waals surface area contributed by atoms with Crippen LogP contribution >= 0.6 is 0 Å². The zero-order valence-corrected chi connectivity index (χ0v) is 10.7. The lowest BCUT2D eigenvalue weighted by Crippen LogP contribution is -2.39. The van der Waals surface area contributed by atoms with Gasteiger partial charge in [-0.3, -0.25) is 0 Å². The summed E-state index contributed by atoms with van der Waals surface area (Å²) >= 11 is 0. The van der Waals surface area contributed by atoms with E-state index < -0.39 is 0 Å². The minimum atomic E-state index is 0.335. The fourth-order valence-corrected chi connectivity index (χ4v) is 2.37. The van der Waals surface area contributed by atoms with Gasteiger partial charge in [0.15, 0.2) is 0 Å². The Morgan fingerprint density at radius 1 is 1.53 bits per heavy atom. The maximum absolute atomic E-state index is 5.83. The SMILES string of the molecule is COc1cc(C)nc(N2CCC(C)C2CN)n1. The van der Waals surface area contributed by atoms with Crippen LogP contribution in [0.3, 0.4) is 0 Å². The maximum Gasteiger partial charge on any atom is 0.229 e. The molecule has 5 heteroatoms. The highest BCUT2D eigenvalue weighted by Gasteiger charge is 2.31. The largest absolute Gasteiger partial charge is 0.481 e. The van der Waals surface area contributed by atoms with Crippen molar-refractivity contribution in [3.8, 4) is 5.88 Å². The molecule has 2 unspecified atom stereocenters. The molecule has 94 valence electrons. The molecule has 0 aliphatic carbocycles. The smallest absolute Gasteiger partial charge is 0.229 e. The molecule has 0 saturated carbocycles. The van der Waals surface area contributed by atoms with Crippen molar-refractivity contribution in [3.63, 3.8) is 0 Å². The molecule has 1 aliphatic rings. The summed E-state index contributed by atoms with van der Waals surface area (Å²) < 4.78 is 5.18. The standard InChI is InChI=1S/C12H20N4O/c1-8-4-5-16(10(8)7-13)12-14-9(2)6-11(15-12)17-3/h6,8,10H,4-5,7,13H2,1-3H3. The van der Waals surface area contributed by atoms with Gasteiger partial charge in [0.2, 0.25) is 11.8 Å². The second-order valence-corrected chi connectivity index (χ2v) is 4.61. The lowest BCUT2D eigenvalue weighted by molar-refractivity contribution is 0.395. The van der Waals surface area contributed by atoms with E-state index in [1.165, 1.54) is 0 Å². The molecule has 2 N–H and O–H groups in total. The lowest BCUT2D eigenvalue weighted by atomic mass is 10.0. The Morgan fingerprint density at radius 2 is 2.29 bits per heavy atom. The van der Waals surface area contributed by atoms with Crippen LogP contribution in [0.15, 0.2) is 6.07 Å². The second kappa shape index (κ2) is 4.87. The number of methoxy groups -OCH3 is 1. The summed E-state index contributed by atoms with van der Waals surface area (Å²) in [4.78, 5) is 11.1. The number of aromatic nitrogens is 2. The van der Waals surface area contributed by atoms with Crippen LogP contribution in [0, 0.1) is 12.8 Å². The van der Waals surface area contributed by atoms with Crippen molar-refractivity contribution in [1.29, 1.82) is 0 Å². The Bertz CT molecular complexity index is 396. The second-order valence-electron chi connectivity index (χ2n) is 4.61. The lowest BCUT2D eigenvalue weighted by Gasteiger charge is -2.26. The van der Waals surface area contributed by atoms with Gasteiger partial charge in [-0.1, -0.05) is 6.92 Å². The van der Waals surface area contributed by atoms with Gasteiger partial charge < -0.3 is 15.4 Å². The Morgan fingerprint density at radius 3 is 2.94 bits per heavy atom. The Hall–Kier alpha value is -1.36. The summed E-state index contributed by atoms with van der Waals surface area (Å²) in [5, 5.41) is 0. The van der Waals surface area contributed by atoms with E-state index >= 15 is 0 Å². The van der Waals surface area contributed by atoms with Crippen molar-refractivity contribution in [3.05, 3.63) is 11.8 Å². The predicted molar refractivity (Wildman–Crippen MR) is 67.3 cm³/mol.